The quantitative estimate of drug-likeness (QED) is 0.865. The number of hydrogen-bond acceptors (Lipinski definition) is 3. The Bertz CT molecular complexity index is 608. The molecule has 128 valence electrons. The molecule has 6 heteroatoms. The van der Waals surface area contributed by atoms with Gasteiger partial charge in [-0.3, -0.25) is 4.79 Å². The Labute approximate surface area is 139 Å². The summed E-state index contributed by atoms with van der Waals surface area (Å²) < 4.78 is 25.2. The van der Waals surface area contributed by atoms with Crippen LogP contribution in [0.2, 0.25) is 0 Å². The lowest BCUT2D eigenvalue weighted by Crippen LogP contribution is -2.44. The molecule has 0 bridgehead atoms. The topological polar surface area (TPSA) is 66.5 Å². The van der Waals surface area contributed by atoms with Gasteiger partial charge in [0.1, 0.15) is 0 Å². The summed E-state index contributed by atoms with van der Waals surface area (Å²) in [6.07, 6.45) is 2.02. The third kappa shape index (κ3) is 4.54. The maximum atomic E-state index is 12.5. The molecule has 0 saturated carbocycles. The molecule has 0 unspecified atom stereocenters. The molecule has 1 N–H and O–H groups in total. The van der Waals surface area contributed by atoms with E-state index in [4.69, 9.17) is 0 Å². The van der Waals surface area contributed by atoms with E-state index >= 15 is 0 Å². The number of rotatable bonds is 6. The fourth-order valence-electron chi connectivity index (χ4n) is 2.97. The van der Waals surface area contributed by atoms with E-state index in [-0.39, 0.29) is 23.6 Å². The molecule has 0 radical (unpaired) electrons. The molecule has 1 saturated heterocycles. The van der Waals surface area contributed by atoms with Crippen molar-refractivity contribution in [1.82, 2.24) is 9.62 Å². The van der Waals surface area contributed by atoms with Crippen molar-refractivity contribution in [2.75, 3.05) is 18.8 Å². The van der Waals surface area contributed by atoms with Gasteiger partial charge in [0.15, 0.2) is 0 Å². The van der Waals surface area contributed by atoms with Crippen LogP contribution >= 0.6 is 0 Å². The number of benzene rings is 1. The van der Waals surface area contributed by atoms with Crippen molar-refractivity contribution in [2.24, 2.45) is 5.92 Å². The highest BCUT2D eigenvalue weighted by Crippen LogP contribution is 2.22. The van der Waals surface area contributed by atoms with Crippen LogP contribution in [0, 0.1) is 5.92 Å². The average molecular weight is 338 g/mol. The molecule has 1 heterocycles. The van der Waals surface area contributed by atoms with Crippen molar-refractivity contribution in [3.63, 3.8) is 0 Å². The second kappa shape index (κ2) is 7.93. The minimum absolute atomic E-state index is 0.0149. The molecular weight excluding hydrogens is 312 g/mol. The summed E-state index contributed by atoms with van der Waals surface area (Å²) >= 11 is 0. The summed E-state index contributed by atoms with van der Waals surface area (Å²) in [5.74, 6) is 0.0563. The monoisotopic (exact) mass is 338 g/mol. The third-order valence-electron chi connectivity index (χ3n) is 4.51. The van der Waals surface area contributed by atoms with Gasteiger partial charge >= 0.3 is 0 Å². The Hall–Kier alpha value is -1.40. The first kappa shape index (κ1) is 17.9. The maximum Gasteiger partial charge on any atom is 0.223 e. The summed E-state index contributed by atoms with van der Waals surface area (Å²) in [7, 11) is -3.14. The second-order valence-corrected chi connectivity index (χ2v) is 8.21. The van der Waals surface area contributed by atoms with E-state index < -0.39 is 10.0 Å². The zero-order valence-corrected chi connectivity index (χ0v) is 14.7. The van der Waals surface area contributed by atoms with E-state index in [2.05, 4.69) is 5.32 Å². The summed E-state index contributed by atoms with van der Waals surface area (Å²) in [6, 6.07) is 9.95. The molecule has 0 aliphatic carbocycles. The molecule has 1 aliphatic heterocycles. The summed E-state index contributed by atoms with van der Waals surface area (Å²) in [6.45, 7) is 4.58. The van der Waals surface area contributed by atoms with E-state index in [0.717, 1.165) is 12.0 Å². The number of sulfonamides is 1. The van der Waals surface area contributed by atoms with Crippen LogP contribution in [0.15, 0.2) is 30.3 Å². The van der Waals surface area contributed by atoms with Crippen molar-refractivity contribution in [1.29, 1.82) is 0 Å². The van der Waals surface area contributed by atoms with Crippen LogP contribution in [0.5, 0.6) is 0 Å². The van der Waals surface area contributed by atoms with Crippen molar-refractivity contribution in [2.45, 2.75) is 39.2 Å². The molecule has 5 nitrogen and oxygen atoms in total. The standard InChI is InChI=1S/C17H26N2O3S/c1-3-16(14-8-6-5-7-9-14)18-17(20)15-10-12-19(13-11-15)23(21,22)4-2/h5-9,15-16H,3-4,10-13H2,1-2H3,(H,18,20)/t16-/m0/s1. The van der Waals surface area contributed by atoms with Gasteiger partial charge in [0.2, 0.25) is 15.9 Å². The van der Waals surface area contributed by atoms with E-state index in [1.165, 1.54) is 4.31 Å². The van der Waals surface area contributed by atoms with E-state index in [1.54, 1.807) is 6.92 Å². The predicted octanol–water partition coefficient (Wildman–Crippen LogP) is 2.32. The van der Waals surface area contributed by atoms with E-state index in [9.17, 15) is 13.2 Å². The van der Waals surface area contributed by atoms with Gasteiger partial charge in [-0.1, -0.05) is 37.3 Å². The number of amides is 1. The first-order valence-corrected chi connectivity index (χ1v) is 9.92. The molecular formula is C17H26N2O3S. The number of carbonyl (C=O) groups is 1. The highest BCUT2D eigenvalue weighted by atomic mass is 32.2. The van der Waals surface area contributed by atoms with Crippen molar-refractivity contribution in [3.05, 3.63) is 35.9 Å². The molecule has 0 aromatic heterocycles. The SMILES string of the molecule is CC[C@H](NC(=O)C1CCN(S(=O)(=O)CC)CC1)c1ccccc1. The average Bonchev–Trinajstić information content (AvgIpc) is 2.60. The number of nitrogens with zero attached hydrogens (tertiary/aromatic N) is 1. The zero-order chi connectivity index (χ0) is 16.9. The van der Waals surface area contributed by atoms with Gasteiger partial charge in [0.05, 0.1) is 11.8 Å². The molecule has 1 aromatic carbocycles. The minimum atomic E-state index is -3.14. The number of hydrogen-bond donors (Lipinski definition) is 1. The Morgan fingerprint density at radius 2 is 1.83 bits per heavy atom. The van der Waals surface area contributed by atoms with Crippen LogP contribution in [0.1, 0.15) is 44.7 Å². The van der Waals surface area contributed by atoms with Gasteiger partial charge in [-0.2, -0.15) is 0 Å². The number of piperidine rings is 1. The van der Waals surface area contributed by atoms with Crippen molar-refractivity contribution < 1.29 is 13.2 Å². The maximum absolute atomic E-state index is 12.5. The normalized spacial score (nSPS) is 18.5. The first-order chi connectivity index (χ1) is 11.0. The minimum Gasteiger partial charge on any atom is -0.349 e. The molecule has 1 amide bonds. The van der Waals surface area contributed by atoms with Crippen LogP contribution in [-0.2, 0) is 14.8 Å². The lowest BCUT2D eigenvalue weighted by Gasteiger charge is -2.31. The Morgan fingerprint density at radius 3 is 2.35 bits per heavy atom. The highest BCUT2D eigenvalue weighted by molar-refractivity contribution is 7.89. The van der Waals surface area contributed by atoms with Gasteiger partial charge in [-0.05, 0) is 31.7 Å². The lowest BCUT2D eigenvalue weighted by atomic mass is 9.96. The summed E-state index contributed by atoms with van der Waals surface area (Å²) in [5.41, 5.74) is 1.11. The number of nitrogens with one attached hydrogen (secondary N) is 1. The van der Waals surface area contributed by atoms with Crippen LogP contribution < -0.4 is 5.32 Å². The molecule has 2 rings (SSSR count). The number of carbonyl (C=O) groups excluding carboxylic acids is 1. The molecule has 1 fully saturated rings. The van der Waals surface area contributed by atoms with Crippen molar-refractivity contribution >= 4 is 15.9 Å². The molecule has 1 aromatic rings. The first-order valence-electron chi connectivity index (χ1n) is 8.31. The summed E-state index contributed by atoms with van der Waals surface area (Å²) in [4.78, 5) is 12.5. The lowest BCUT2D eigenvalue weighted by molar-refractivity contribution is -0.126. The Balaban J connectivity index is 1.92. The molecule has 0 spiro atoms. The smallest absolute Gasteiger partial charge is 0.223 e. The molecule has 23 heavy (non-hydrogen) atoms. The zero-order valence-electron chi connectivity index (χ0n) is 13.9. The summed E-state index contributed by atoms with van der Waals surface area (Å²) in [5, 5.41) is 3.11. The van der Waals surface area contributed by atoms with Crippen LogP contribution in [0.4, 0.5) is 0 Å². The van der Waals surface area contributed by atoms with Gasteiger partial charge in [0.25, 0.3) is 0 Å². The van der Waals surface area contributed by atoms with Gasteiger partial charge in [-0.25, -0.2) is 12.7 Å². The Kier molecular flexibility index (Phi) is 6.18. The van der Waals surface area contributed by atoms with Crippen LogP contribution in [0.25, 0.3) is 0 Å². The fourth-order valence-corrected chi connectivity index (χ4v) is 4.11. The third-order valence-corrected chi connectivity index (χ3v) is 6.39. The second-order valence-electron chi connectivity index (χ2n) is 5.95. The van der Waals surface area contributed by atoms with Crippen LogP contribution in [-0.4, -0.2) is 37.5 Å². The highest BCUT2D eigenvalue weighted by Gasteiger charge is 2.30. The van der Waals surface area contributed by atoms with Gasteiger partial charge < -0.3 is 5.32 Å². The molecule has 1 aliphatic rings. The largest absolute Gasteiger partial charge is 0.349 e. The predicted molar refractivity (Wildman–Crippen MR) is 91.4 cm³/mol. The Morgan fingerprint density at radius 1 is 1.22 bits per heavy atom. The van der Waals surface area contributed by atoms with Gasteiger partial charge in [-0.15, -0.1) is 0 Å². The van der Waals surface area contributed by atoms with Gasteiger partial charge in [0, 0.05) is 19.0 Å². The van der Waals surface area contributed by atoms with E-state index in [0.29, 0.717) is 25.9 Å². The van der Waals surface area contributed by atoms with Crippen LogP contribution in [0.3, 0.4) is 0 Å². The fraction of sp³-hybridized carbons (Fsp3) is 0.588. The van der Waals surface area contributed by atoms with E-state index in [1.807, 2.05) is 37.3 Å². The van der Waals surface area contributed by atoms with Crippen molar-refractivity contribution in [3.8, 4) is 0 Å². The molecule has 1 atom stereocenters.